The molecule has 0 atom stereocenters. The molecule has 0 amide bonds. The molecular formula is C11H16O3. The molecule has 0 aliphatic heterocycles. The Morgan fingerprint density at radius 3 is 2.64 bits per heavy atom. The van der Waals surface area contributed by atoms with Crippen LogP contribution < -0.4 is 0 Å². The van der Waals surface area contributed by atoms with Crippen LogP contribution in [0.1, 0.15) is 31.8 Å². The van der Waals surface area contributed by atoms with E-state index < -0.39 is 5.97 Å². The van der Waals surface area contributed by atoms with E-state index in [1.54, 1.807) is 0 Å². The Balaban J connectivity index is 2.46. The summed E-state index contributed by atoms with van der Waals surface area (Å²) in [5, 5.41) is 8.49. The molecule has 0 unspecified atom stereocenters. The van der Waals surface area contributed by atoms with E-state index in [1.807, 2.05) is 12.1 Å². The number of aliphatic carboxylic acids is 1. The molecule has 78 valence electrons. The smallest absolute Gasteiger partial charge is 0.303 e. The van der Waals surface area contributed by atoms with Crippen molar-refractivity contribution in [3.05, 3.63) is 23.7 Å². The summed E-state index contributed by atoms with van der Waals surface area (Å²) < 4.78 is 5.48. The summed E-state index contributed by atoms with van der Waals surface area (Å²) in [5.41, 5.74) is 0. The highest BCUT2D eigenvalue weighted by molar-refractivity contribution is 5.66. The molecule has 0 radical (unpaired) electrons. The molecule has 1 aromatic heterocycles. The predicted octanol–water partition coefficient (Wildman–Crippen LogP) is 2.50. The van der Waals surface area contributed by atoms with Crippen molar-refractivity contribution in [3.63, 3.8) is 0 Å². The maximum atomic E-state index is 10.3. The number of rotatable bonds is 5. The first-order valence-corrected chi connectivity index (χ1v) is 4.87. The van der Waals surface area contributed by atoms with Gasteiger partial charge in [0.25, 0.3) is 0 Å². The molecule has 0 bridgehead atoms. The van der Waals surface area contributed by atoms with Crippen LogP contribution in [0.15, 0.2) is 16.5 Å². The summed E-state index contributed by atoms with van der Waals surface area (Å²) in [4.78, 5) is 10.3. The summed E-state index contributed by atoms with van der Waals surface area (Å²) in [6, 6.07) is 3.79. The van der Waals surface area contributed by atoms with Crippen LogP contribution in [-0.2, 0) is 17.6 Å². The Hall–Kier alpha value is -1.25. The van der Waals surface area contributed by atoms with Gasteiger partial charge >= 0.3 is 5.97 Å². The van der Waals surface area contributed by atoms with Gasteiger partial charge in [-0.3, -0.25) is 4.79 Å². The van der Waals surface area contributed by atoms with E-state index >= 15 is 0 Å². The Morgan fingerprint density at radius 1 is 1.43 bits per heavy atom. The number of hydrogen-bond acceptors (Lipinski definition) is 2. The molecule has 0 fully saturated rings. The number of carboxylic acid groups (broad SMARTS) is 1. The van der Waals surface area contributed by atoms with Crippen molar-refractivity contribution >= 4 is 5.97 Å². The minimum Gasteiger partial charge on any atom is -0.481 e. The van der Waals surface area contributed by atoms with Crippen LogP contribution in [0.3, 0.4) is 0 Å². The van der Waals surface area contributed by atoms with Crippen molar-refractivity contribution < 1.29 is 14.3 Å². The molecule has 0 spiro atoms. The quantitative estimate of drug-likeness (QED) is 0.787. The molecule has 1 heterocycles. The SMILES string of the molecule is CC(C)Cc1ccc(CCC(=O)O)o1. The zero-order valence-electron chi connectivity index (χ0n) is 8.62. The van der Waals surface area contributed by atoms with Crippen LogP contribution in [-0.4, -0.2) is 11.1 Å². The minimum absolute atomic E-state index is 0.134. The monoisotopic (exact) mass is 196 g/mol. The highest BCUT2D eigenvalue weighted by Gasteiger charge is 2.05. The van der Waals surface area contributed by atoms with Crippen molar-refractivity contribution in [2.75, 3.05) is 0 Å². The molecule has 1 rings (SSSR count). The molecular weight excluding hydrogens is 180 g/mol. The second-order valence-electron chi connectivity index (χ2n) is 3.86. The largest absolute Gasteiger partial charge is 0.481 e. The molecule has 3 nitrogen and oxygen atoms in total. The molecule has 1 aromatic rings. The second kappa shape index (κ2) is 4.84. The van der Waals surface area contributed by atoms with Gasteiger partial charge in [0.1, 0.15) is 11.5 Å². The lowest BCUT2D eigenvalue weighted by Crippen LogP contribution is -1.96. The van der Waals surface area contributed by atoms with Crippen molar-refractivity contribution in [2.45, 2.75) is 33.1 Å². The van der Waals surface area contributed by atoms with Gasteiger partial charge in [0.05, 0.1) is 6.42 Å². The number of carbonyl (C=O) groups is 1. The summed E-state index contributed by atoms with van der Waals surface area (Å²) in [7, 11) is 0. The third kappa shape index (κ3) is 3.64. The van der Waals surface area contributed by atoms with Crippen LogP contribution in [0.25, 0.3) is 0 Å². The highest BCUT2D eigenvalue weighted by atomic mass is 16.4. The lowest BCUT2D eigenvalue weighted by molar-refractivity contribution is -0.137. The lowest BCUT2D eigenvalue weighted by atomic mass is 10.1. The highest BCUT2D eigenvalue weighted by Crippen LogP contribution is 2.13. The van der Waals surface area contributed by atoms with E-state index in [2.05, 4.69) is 13.8 Å². The first kappa shape index (κ1) is 10.8. The van der Waals surface area contributed by atoms with Crippen LogP contribution in [0.2, 0.25) is 0 Å². The summed E-state index contributed by atoms with van der Waals surface area (Å²) in [6.07, 6.45) is 1.52. The molecule has 0 aromatic carbocycles. The number of aryl methyl sites for hydroxylation is 1. The van der Waals surface area contributed by atoms with Gasteiger partial charge in [-0.2, -0.15) is 0 Å². The molecule has 0 aliphatic carbocycles. The first-order valence-electron chi connectivity index (χ1n) is 4.87. The molecule has 3 heteroatoms. The Bertz CT molecular complexity index is 299. The van der Waals surface area contributed by atoms with Crippen molar-refractivity contribution in [1.82, 2.24) is 0 Å². The fourth-order valence-electron chi connectivity index (χ4n) is 1.30. The molecule has 14 heavy (non-hydrogen) atoms. The van der Waals surface area contributed by atoms with Gasteiger partial charge in [-0.25, -0.2) is 0 Å². The van der Waals surface area contributed by atoms with E-state index in [9.17, 15) is 4.79 Å². The van der Waals surface area contributed by atoms with Crippen molar-refractivity contribution in [1.29, 1.82) is 0 Å². The average Bonchev–Trinajstić information content (AvgIpc) is 2.47. The lowest BCUT2D eigenvalue weighted by Gasteiger charge is -1.99. The average molecular weight is 196 g/mol. The summed E-state index contributed by atoms with van der Waals surface area (Å²) in [6.45, 7) is 4.25. The predicted molar refractivity (Wildman–Crippen MR) is 53.2 cm³/mol. The van der Waals surface area contributed by atoms with Crippen molar-refractivity contribution in [2.24, 2.45) is 5.92 Å². The topological polar surface area (TPSA) is 50.4 Å². The zero-order valence-corrected chi connectivity index (χ0v) is 8.62. The molecule has 0 saturated carbocycles. The Labute approximate surface area is 83.7 Å². The van der Waals surface area contributed by atoms with Gasteiger partial charge < -0.3 is 9.52 Å². The number of furan rings is 1. The van der Waals surface area contributed by atoms with Gasteiger partial charge in [0.2, 0.25) is 0 Å². The number of carboxylic acids is 1. The summed E-state index contributed by atoms with van der Waals surface area (Å²) in [5.74, 6) is 1.49. The summed E-state index contributed by atoms with van der Waals surface area (Å²) >= 11 is 0. The van der Waals surface area contributed by atoms with Gasteiger partial charge in [-0.05, 0) is 18.1 Å². The number of hydrogen-bond donors (Lipinski definition) is 1. The van der Waals surface area contributed by atoms with Crippen LogP contribution in [0.4, 0.5) is 0 Å². The van der Waals surface area contributed by atoms with Crippen LogP contribution >= 0.6 is 0 Å². The van der Waals surface area contributed by atoms with Crippen molar-refractivity contribution in [3.8, 4) is 0 Å². The standard InChI is InChI=1S/C11H16O3/c1-8(2)7-10-4-3-9(14-10)5-6-11(12)13/h3-4,8H,5-7H2,1-2H3,(H,12,13). The fourth-order valence-corrected chi connectivity index (χ4v) is 1.30. The second-order valence-corrected chi connectivity index (χ2v) is 3.86. The van der Waals surface area contributed by atoms with Gasteiger partial charge in [0.15, 0.2) is 0 Å². The maximum Gasteiger partial charge on any atom is 0.303 e. The van der Waals surface area contributed by atoms with Gasteiger partial charge in [-0.15, -0.1) is 0 Å². The molecule has 0 saturated heterocycles. The van der Waals surface area contributed by atoms with E-state index in [0.29, 0.717) is 12.3 Å². The molecule has 1 N–H and O–H groups in total. The fraction of sp³-hybridized carbons (Fsp3) is 0.545. The van der Waals surface area contributed by atoms with Crippen LogP contribution in [0, 0.1) is 5.92 Å². The van der Waals surface area contributed by atoms with Crippen LogP contribution in [0.5, 0.6) is 0 Å². The van der Waals surface area contributed by atoms with Gasteiger partial charge in [-0.1, -0.05) is 13.8 Å². The third-order valence-electron chi connectivity index (χ3n) is 1.91. The maximum absolute atomic E-state index is 10.3. The zero-order chi connectivity index (χ0) is 10.6. The van der Waals surface area contributed by atoms with E-state index in [1.165, 1.54) is 0 Å². The normalized spacial score (nSPS) is 10.8. The Morgan fingerprint density at radius 2 is 2.07 bits per heavy atom. The first-order chi connectivity index (χ1) is 6.58. The third-order valence-corrected chi connectivity index (χ3v) is 1.91. The van der Waals surface area contributed by atoms with E-state index in [4.69, 9.17) is 9.52 Å². The van der Waals surface area contributed by atoms with E-state index in [0.717, 1.165) is 17.9 Å². The van der Waals surface area contributed by atoms with E-state index in [-0.39, 0.29) is 6.42 Å². The molecule has 0 aliphatic rings. The Kier molecular flexibility index (Phi) is 3.74. The van der Waals surface area contributed by atoms with Gasteiger partial charge in [0, 0.05) is 12.8 Å². The minimum atomic E-state index is -0.785.